The molecule has 1 aliphatic carbocycles. The number of hydrogen-bond acceptors (Lipinski definition) is 2. The van der Waals surface area contributed by atoms with Gasteiger partial charge in [0.2, 0.25) is 5.91 Å². The predicted molar refractivity (Wildman–Crippen MR) is 61.9 cm³/mol. The van der Waals surface area contributed by atoms with E-state index in [0.717, 1.165) is 17.3 Å². The average molecular weight is 286 g/mol. The van der Waals surface area contributed by atoms with Gasteiger partial charge in [-0.25, -0.2) is 0 Å². The maximum Gasteiger partial charge on any atom is 0.268 e. The van der Waals surface area contributed by atoms with Gasteiger partial charge < -0.3 is 15.6 Å². The number of amides is 2. The van der Waals surface area contributed by atoms with Crippen molar-refractivity contribution in [3.8, 4) is 0 Å². The molecular formula is C10H12BrN3O2. The lowest BCUT2D eigenvalue weighted by atomic mass is 10.4. The lowest BCUT2D eigenvalue weighted by Crippen LogP contribution is -2.34. The summed E-state index contributed by atoms with van der Waals surface area (Å²) in [5.41, 5.74) is 5.53. The Labute approximate surface area is 101 Å². The van der Waals surface area contributed by atoms with Crippen LogP contribution in [0.2, 0.25) is 0 Å². The van der Waals surface area contributed by atoms with Crippen LogP contribution in [0, 0.1) is 0 Å². The third-order valence-electron chi connectivity index (χ3n) is 2.41. The quantitative estimate of drug-likeness (QED) is 0.859. The normalized spacial score (nSPS) is 14.8. The van der Waals surface area contributed by atoms with E-state index in [2.05, 4.69) is 21.2 Å². The van der Waals surface area contributed by atoms with Gasteiger partial charge in [0.25, 0.3) is 5.91 Å². The van der Waals surface area contributed by atoms with Crippen molar-refractivity contribution in [2.75, 3.05) is 6.54 Å². The standard InChI is InChI=1S/C10H12BrN3O2/c11-6-3-8(10(16)13-4-9(12)15)14(5-6)7-1-2-7/h3,5,7H,1-2,4H2,(H2,12,15)(H,13,16). The molecule has 0 aromatic carbocycles. The van der Waals surface area contributed by atoms with Gasteiger partial charge in [-0.3, -0.25) is 9.59 Å². The van der Waals surface area contributed by atoms with E-state index < -0.39 is 5.91 Å². The number of rotatable bonds is 4. The maximum atomic E-state index is 11.8. The maximum absolute atomic E-state index is 11.8. The van der Waals surface area contributed by atoms with Crippen molar-refractivity contribution in [3.05, 3.63) is 22.4 Å². The molecule has 1 aliphatic rings. The van der Waals surface area contributed by atoms with Crippen LogP contribution in [0.4, 0.5) is 0 Å². The van der Waals surface area contributed by atoms with Gasteiger partial charge in [0, 0.05) is 16.7 Å². The Bertz CT molecular complexity index is 437. The average Bonchev–Trinajstić information content (AvgIpc) is 2.98. The topological polar surface area (TPSA) is 77.1 Å². The molecule has 3 N–H and O–H groups in total. The third kappa shape index (κ3) is 2.44. The van der Waals surface area contributed by atoms with E-state index in [-0.39, 0.29) is 12.5 Å². The molecule has 2 amide bonds. The Hall–Kier alpha value is -1.30. The van der Waals surface area contributed by atoms with Crippen molar-refractivity contribution < 1.29 is 9.59 Å². The van der Waals surface area contributed by atoms with Crippen molar-refractivity contribution in [3.63, 3.8) is 0 Å². The number of hydrogen-bond donors (Lipinski definition) is 2. The highest BCUT2D eigenvalue weighted by molar-refractivity contribution is 9.10. The smallest absolute Gasteiger partial charge is 0.268 e. The fourth-order valence-electron chi connectivity index (χ4n) is 1.54. The largest absolute Gasteiger partial charge is 0.368 e. The first-order valence-electron chi connectivity index (χ1n) is 5.02. The van der Waals surface area contributed by atoms with E-state index in [0.29, 0.717) is 11.7 Å². The highest BCUT2D eigenvalue weighted by atomic mass is 79.9. The Morgan fingerprint density at radius 3 is 2.81 bits per heavy atom. The second kappa shape index (κ2) is 4.29. The number of aromatic nitrogens is 1. The molecule has 1 saturated carbocycles. The van der Waals surface area contributed by atoms with E-state index in [1.807, 2.05) is 10.8 Å². The van der Waals surface area contributed by atoms with Crippen LogP contribution < -0.4 is 11.1 Å². The van der Waals surface area contributed by atoms with Gasteiger partial charge in [0.15, 0.2) is 0 Å². The molecule has 0 atom stereocenters. The summed E-state index contributed by atoms with van der Waals surface area (Å²) in [6, 6.07) is 2.16. The number of nitrogens with one attached hydrogen (secondary N) is 1. The van der Waals surface area contributed by atoms with E-state index in [1.165, 1.54) is 0 Å². The Morgan fingerprint density at radius 1 is 1.56 bits per heavy atom. The first-order chi connectivity index (χ1) is 7.58. The molecular weight excluding hydrogens is 274 g/mol. The predicted octanol–water partition coefficient (Wildman–Crippen LogP) is 0.801. The zero-order chi connectivity index (χ0) is 11.7. The fourth-order valence-corrected chi connectivity index (χ4v) is 1.98. The van der Waals surface area contributed by atoms with Crippen molar-refractivity contribution in [1.29, 1.82) is 0 Å². The monoisotopic (exact) mass is 285 g/mol. The number of halogens is 1. The SMILES string of the molecule is NC(=O)CNC(=O)c1cc(Br)cn1C1CC1. The fraction of sp³-hybridized carbons (Fsp3) is 0.400. The van der Waals surface area contributed by atoms with Crippen LogP contribution in [0.1, 0.15) is 29.4 Å². The number of nitrogens with zero attached hydrogens (tertiary/aromatic N) is 1. The molecule has 1 aromatic heterocycles. The highest BCUT2D eigenvalue weighted by Gasteiger charge is 2.27. The molecule has 0 spiro atoms. The molecule has 0 radical (unpaired) electrons. The van der Waals surface area contributed by atoms with Crippen LogP contribution in [-0.2, 0) is 4.79 Å². The molecule has 2 rings (SSSR count). The second-order valence-electron chi connectivity index (χ2n) is 3.83. The number of primary amides is 1. The van der Waals surface area contributed by atoms with Crippen LogP contribution in [0.3, 0.4) is 0 Å². The number of nitrogens with two attached hydrogens (primary N) is 1. The first kappa shape index (κ1) is 11.2. The summed E-state index contributed by atoms with van der Waals surface area (Å²) < 4.78 is 2.80. The van der Waals surface area contributed by atoms with Crippen molar-refractivity contribution in [2.24, 2.45) is 5.73 Å². The number of carbonyl (C=O) groups excluding carboxylic acids is 2. The van der Waals surface area contributed by atoms with Crippen molar-refractivity contribution >= 4 is 27.7 Å². The minimum Gasteiger partial charge on any atom is -0.368 e. The molecule has 5 nitrogen and oxygen atoms in total. The first-order valence-corrected chi connectivity index (χ1v) is 5.81. The van der Waals surface area contributed by atoms with E-state index >= 15 is 0 Å². The Morgan fingerprint density at radius 2 is 2.25 bits per heavy atom. The van der Waals surface area contributed by atoms with Crippen molar-refractivity contribution in [1.82, 2.24) is 9.88 Å². The van der Waals surface area contributed by atoms with Gasteiger partial charge in [0.1, 0.15) is 5.69 Å². The molecule has 6 heteroatoms. The van der Waals surface area contributed by atoms with Crippen LogP contribution >= 0.6 is 15.9 Å². The molecule has 1 heterocycles. The molecule has 0 unspecified atom stereocenters. The molecule has 0 saturated heterocycles. The Kier molecular flexibility index (Phi) is 3.00. The zero-order valence-electron chi connectivity index (χ0n) is 8.57. The summed E-state index contributed by atoms with van der Waals surface area (Å²) in [5.74, 6) is -0.812. The summed E-state index contributed by atoms with van der Waals surface area (Å²) in [6.07, 6.45) is 4.07. The molecule has 86 valence electrons. The summed E-state index contributed by atoms with van der Waals surface area (Å²) in [5, 5.41) is 2.48. The lowest BCUT2D eigenvalue weighted by molar-refractivity contribution is -0.117. The zero-order valence-corrected chi connectivity index (χ0v) is 10.2. The highest BCUT2D eigenvalue weighted by Crippen LogP contribution is 2.37. The molecule has 1 aromatic rings. The van der Waals surface area contributed by atoms with Crippen LogP contribution in [0.25, 0.3) is 0 Å². The molecule has 0 bridgehead atoms. The van der Waals surface area contributed by atoms with Gasteiger partial charge in [-0.15, -0.1) is 0 Å². The van der Waals surface area contributed by atoms with E-state index in [1.54, 1.807) is 6.07 Å². The molecule has 16 heavy (non-hydrogen) atoms. The second-order valence-corrected chi connectivity index (χ2v) is 4.75. The summed E-state index contributed by atoms with van der Waals surface area (Å²) in [4.78, 5) is 22.3. The van der Waals surface area contributed by atoms with Gasteiger partial charge in [0.05, 0.1) is 6.54 Å². The number of carbonyl (C=O) groups is 2. The van der Waals surface area contributed by atoms with Crippen LogP contribution in [-0.4, -0.2) is 22.9 Å². The van der Waals surface area contributed by atoms with E-state index in [4.69, 9.17) is 5.73 Å². The van der Waals surface area contributed by atoms with Crippen LogP contribution in [0.15, 0.2) is 16.7 Å². The molecule has 1 fully saturated rings. The summed E-state index contributed by atoms with van der Waals surface area (Å²) in [7, 11) is 0. The lowest BCUT2D eigenvalue weighted by Gasteiger charge is -2.06. The minimum absolute atomic E-state index is 0.133. The van der Waals surface area contributed by atoms with E-state index in [9.17, 15) is 9.59 Å². The molecule has 0 aliphatic heterocycles. The van der Waals surface area contributed by atoms with Gasteiger partial charge in [-0.1, -0.05) is 0 Å². The minimum atomic E-state index is -0.544. The van der Waals surface area contributed by atoms with Crippen molar-refractivity contribution in [2.45, 2.75) is 18.9 Å². The van der Waals surface area contributed by atoms with Gasteiger partial charge in [-0.2, -0.15) is 0 Å². The van der Waals surface area contributed by atoms with Gasteiger partial charge >= 0.3 is 0 Å². The third-order valence-corrected chi connectivity index (χ3v) is 2.84. The van der Waals surface area contributed by atoms with Crippen LogP contribution in [0.5, 0.6) is 0 Å². The Balaban J connectivity index is 2.12. The summed E-state index contributed by atoms with van der Waals surface area (Å²) in [6.45, 7) is -0.133. The van der Waals surface area contributed by atoms with Gasteiger partial charge in [-0.05, 0) is 34.8 Å². The summed E-state index contributed by atoms with van der Waals surface area (Å²) >= 11 is 3.33.